The van der Waals surface area contributed by atoms with Gasteiger partial charge in [0.05, 0.1) is 0 Å². The number of aryl methyl sites for hydroxylation is 1. The number of nitrogens with zero attached hydrogens (tertiary/aromatic N) is 5. The van der Waals surface area contributed by atoms with Crippen LogP contribution in [0.3, 0.4) is 0 Å². The molecular formula is C26H25F3N6O. The van der Waals surface area contributed by atoms with Crippen molar-refractivity contribution in [3.8, 4) is 11.1 Å². The molecule has 2 aromatic carbocycles. The van der Waals surface area contributed by atoms with Crippen molar-refractivity contribution in [2.24, 2.45) is 5.92 Å². The number of anilines is 1. The molecule has 0 unspecified atom stereocenters. The Bertz CT molecular complexity index is 1390. The first-order valence-corrected chi connectivity index (χ1v) is 11.8. The molecule has 0 aliphatic carbocycles. The number of hydrogen-bond acceptors (Lipinski definition) is 5. The molecule has 10 heteroatoms. The molecule has 36 heavy (non-hydrogen) atoms. The van der Waals surface area contributed by atoms with E-state index < -0.39 is 12.0 Å². The van der Waals surface area contributed by atoms with E-state index in [9.17, 15) is 18.0 Å². The highest BCUT2D eigenvalue weighted by atomic mass is 19.4. The Kier molecular flexibility index (Phi) is 6.34. The number of hydrogen-bond donors (Lipinski definition) is 1. The van der Waals surface area contributed by atoms with Crippen LogP contribution in [0.4, 0.5) is 19.0 Å². The predicted octanol–water partition coefficient (Wildman–Crippen LogP) is 4.65. The number of alkyl halides is 3. The van der Waals surface area contributed by atoms with E-state index >= 15 is 0 Å². The smallest absolute Gasteiger partial charge is 0.355 e. The fraction of sp³-hybridized carbons (Fsp3) is 0.308. The second-order valence-electron chi connectivity index (χ2n) is 9.03. The Hall–Kier alpha value is -3.95. The van der Waals surface area contributed by atoms with Crippen LogP contribution in [-0.4, -0.2) is 38.8 Å². The number of carbonyl (C=O) groups is 1. The fourth-order valence-electron chi connectivity index (χ4n) is 4.51. The maximum absolute atomic E-state index is 13.2. The van der Waals surface area contributed by atoms with Crippen molar-refractivity contribution in [2.45, 2.75) is 32.5 Å². The maximum atomic E-state index is 13.2. The zero-order valence-corrected chi connectivity index (χ0v) is 19.7. The highest BCUT2D eigenvalue weighted by Crippen LogP contribution is 2.29. The molecule has 1 aliphatic heterocycles. The molecule has 0 bridgehead atoms. The zero-order valence-electron chi connectivity index (χ0n) is 19.7. The van der Waals surface area contributed by atoms with E-state index in [1.807, 2.05) is 23.1 Å². The molecule has 0 radical (unpaired) electrons. The number of aromatic nitrogens is 4. The third-order valence-corrected chi connectivity index (χ3v) is 6.44. The number of nitrogens with one attached hydrogen (secondary N) is 1. The van der Waals surface area contributed by atoms with Gasteiger partial charge in [-0.2, -0.15) is 17.7 Å². The molecule has 1 aliphatic rings. The lowest BCUT2D eigenvalue weighted by Crippen LogP contribution is -2.40. The zero-order chi connectivity index (χ0) is 25.3. The minimum atomic E-state index is -4.64. The molecular weight excluding hydrogens is 469 g/mol. The van der Waals surface area contributed by atoms with Gasteiger partial charge in [-0.15, -0.1) is 15.3 Å². The summed E-state index contributed by atoms with van der Waals surface area (Å²) in [5.74, 6) is -0.928. The number of amides is 1. The van der Waals surface area contributed by atoms with Crippen molar-refractivity contribution in [2.75, 3.05) is 18.0 Å². The Labute approximate surface area is 206 Å². The lowest BCUT2D eigenvalue weighted by Gasteiger charge is -2.32. The molecule has 2 aromatic heterocycles. The number of fused-ring (bicyclic) bond motifs is 1. The molecule has 0 spiro atoms. The highest BCUT2D eigenvalue weighted by molar-refractivity contribution is 5.79. The Morgan fingerprint density at radius 1 is 1.00 bits per heavy atom. The highest BCUT2D eigenvalue weighted by Gasteiger charge is 2.38. The predicted molar refractivity (Wildman–Crippen MR) is 129 cm³/mol. The summed E-state index contributed by atoms with van der Waals surface area (Å²) in [6, 6.07) is 19.5. The van der Waals surface area contributed by atoms with Crippen LogP contribution in [0.1, 0.15) is 29.8 Å². The lowest BCUT2D eigenvalue weighted by molar-refractivity contribution is -0.146. The normalized spacial score (nSPS) is 14.8. The van der Waals surface area contributed by atoms with E-state index in [4.69, 9.17) is 0 Å². The van der Waals surface area contributed by atoms with Crippen LogP contribution < -0.4 is 10.2 Å². The molecule has 4 aromatic rings. The van der Waals surface area contributed by atoms with Gasteiger partial charge >= 0.3 is 6.18 Å². The summed E-state index contributed by atoms with van der Waals surface area (Å²) in [5.41, 5.74) is 4.48. The Balaban J connectivity index is 1.19. The van der Waals surface area contributed by atoms with Crippen LogP contribution in [0.5, 0.6) is 0 Å². The standard InChI is InChI=1S/C26H25F3N6O/c1-17-4-2-6-20(14-17)21-7-3-5-18(15-21)16-30-24(36)19-10-12-34(13-11-19)23-9-8-22-31-32-25(26(27,28)29)35(22)33-23/h2-9,14-15,19H,10-13,16H2,1H3,(H,30,36). The largest absolute Gasteiger partial charge is 0.453 e. The van der Waals surface area contributed by atoms with Gasteiger partial charge in [-0.05, 0) is 54.7 Å². The van der Waals surface area contributed by atoms with Crippen LogP contribution in [0.25, 0.3) is 16.8 Å². The van der Waals surface area contributed by atoms with Crippen LogP contribution in [-0.2, 0) is 17.5 Å². The van der Waals surface area contributed by atoms with Crippen molar-refractivity contribution in [3.05, 3.63) is 77.6 Å². The third-order valence-electron chi connectivity index (χ3n) is 6.44. The molecule has 1 amide bonds. The van der Waals surface area contributed by atoms with Gasteiger partial charge in [-0.1, -0.05) is 48.0 Å². The van der Waals surface area contributed by atoms with Gasteiger partial charge in [0.25, 0.3) is 5.82 Å². The molecule has 5 rings (SSSR count). The topological polar surface area (TPSA) is 75.4 Å². The second kappa shape index (κ2) is 9.60. The van der Waals surface area contributed by atoms with Crippen molar-refractivity contribution < 1.29 is 18.0 Å². The third kappa shape index (κ3) is 5.02. The molecule has 186 valence electrons. The van der Waals surface area contributed by atoms with E-state index in [0.717, 1.165) is 21.2 Å². The summed E-state index contributed by atoms with van der Waals surface area (Å²) in [7, 11) is 0. The molecule has 0 atom stereocenters. The minimum absolute atomic E-state index is 0.0165. The minimum Gasteiger partial charge on any atom is -0.355 e. The fourth-order valence-corrected chi connectivity index (χ4v) is 4.51. The van der Waals surface area contributed by atoms with Crippen molar-refractivity contribution in [1.82, 2.24) is 25.1 Å². The average Bonchev–Trinajstić information content (AvgIpc) is 3.32. The van der Waals surface area contributed by atoms with Gasteiger partial charge in [0.15, 0.2) is 5.65 Å². The number of benzene rings is 2. The van der Waals surface area contributed by atoms with E-state index in [1.54, 1.807) is 6.07 Å². The van der Waals surface area contributed by atoms with Gasteiger partial charge in [0.1, 0.15) is 5.82 Å². The first-order valence-electron chi connectivity index (χ1n) is 11.8. The molecule has 1 saturated heterocycles. The van der Waals surface area contributed by atoms with Crippen LogP contribution >= 0.6 is 0 Å². The van der Waals surface area contributed by atoms with E-state index in [0.29, 0.717) is 38.3 Å². The van der Waals surface area contributed by atoms with E-state index in [2.05, 4.69) is 57.9 Å². The quantitative estimate of drug-likeness (QED) is 0.437. The SMILES string of the molecule is Cc1cccc(-c2cccc(CNC(=O)C3CCN(c4ccc5nnc(C(F)(F)F)n5n4)CC3)c2)c1. The van der Waals surface area contributed by atoms with Gasteiger partial charge in [-0.25, -0.2) is 0 Å². The molecule has 1 N–H and O–H groups in total. The number of rotatable bonds is 5. The second-order valence-corrected chi connectivity index (χ2v) is 9.03. The summed E-state index contributed by atoms with van der Waals surface area (Å²) < 4.78 is 40.2. The van der Waals surface area contributed by atoms with E-state index in [-0.39, 0.29) is 17.5 Å². The Morgan fingerprint density at radius 2 is 1.72 bits per heavy atom. The van der Waals surface area contributed by atoms with Gasteiger partial charge in [0.2, 0.25) is 5.91 Å². The molecule has 7 nitrogen and oxygen atoms in total. The molecule has 0 saturated carbocycles. The summed E-state index contributed by atoms with van der Waals surface area (Å²) >= 11 is 0. The molecule has 3 heterocycles. The van der Waals surface area contributed by atoms with Crippen LogP contribution in [0.2, 0.25) is 0 Å². The monoisotopic (exact) mass is 494 g/mol. The van der Waals surface area contributed by atoms with Gasteiger partial charge in [-0.3, -0.25) is 4.79 Å². The van der Waals surface area contributed by atoms with Crippen molar-refractivity contribution >= 4 is 17.4 Å². The van der Waals surface area contributed by atoms with Gasteiger partial charge in [0, 0.05) is 25.6 Å². The molecule has 1 fully saturated rings. The first kappa shape index (κ1) is 23.8. The number of carbonyl (C=O) groups excluding carboxylic acids is 1. The van der Waals surface area contributed by atoms with Crippen LogP contribution in [0, 0.1) is 12.8 Å². The summed E-state index contributed by atoms with van der Waals surface area (Å²) in [6.07, 6.45) is -3.47. The van der Waals surface area contributed by atoms with Crippen molar-refractivity contribution in [3.63, 3.8) is 0 Å². The number of halogens is 3. The maximum Gasteiger partial charge on any atom is 0.453 e. The van der Waals surface area contributed by atoms with E-state index in [1.165, 1.54) is 11.6 Å². The van der Waals surface area contributed by atoms with Gasteiger partial charge < -0.3 is 10.2 Å². The number of piperidine rings is 1. The summed E-state index contributed by atoms with van der Waals surface area (Å²) in [4.78, 5) is 14.7. The summed E-state index contributed by atoms with van der Waals surface area (Å²) in [5, 5.41) is 13.9. The average molecular weight is 495 g/mol. The Morgan fingerprint density at radius 3 is 2.44 bits per heavy atom. The van der Waals surface area contributed by atoms with Crippen molar-refractivity contribution in [1.29, 1.82) is 0 Å². The first-order chi connectivity index (χ1) is 17.3. The van der Waals surface area contributed by atoms with Crippen LogP contribution in [0.15, 0.2) is 60.7 Å². The lowest BCUT2D eigenvalue weighted by atomic mass is 9.95. The summed E-state index contributed by atoms with van der Waals surface area (Å²) in [6.45, 7) is 3.53.